The second-order valence-electron chi connectivity index (χ2n) is 7.12. The fourth-order valence-corrected chi connectivity index (χ4v) is 6.00. The van der Waals surface area contributed by atoms with Gasteiger partial charge in [-0.05, 0) is 25.0 Å². The molecule has 0 unspecified atom stereocenters. The number of hydrogen-bond donors (Lipinski definition) is 2. The number of rotatable bonds is 4. The van der Waals surface area contributed by atoms with Gasteiger partial charge >= 0.3 is 0 Å². The lowest BCUT2D eigenvalue weighted by Crippen LogP contribution is -2.66. The number of nitrogens with two attached hydrogens (primary N) is 1. The fraction of sp³-hybridized carbons (Fsp3) is 0.706. The highest BCUT2D eigenvalue weighted by atomic mass is 35.5. The Kier molecular flexibility index (Phi) is 6.79. The Balaban J connectivity index is 0.00000113. The smallest absolute Gasteiger partial charge is 0.258 e. The lowest BCUT2D eigenvalue weighted by molar-refractivity contribution is -0.174. The zero-order valence-electron chi connectivity index (χ0n) is 14.4. The minimum Gasteiger partial charge on any atom is -0.372 e. The van der Waals surface area contributed by atoms with Crippen LogP contribution in [0, 0.1) is 11.8 Å². The highest BCUT2D eigenvalue weighted by Crippen LogP contribution is 2.53. The SMILES string of the molecule is CO[C@@]1(c2ccc(C(N)=O)s2)[C@@H]2CCC[C@H]1CN(C1CNC1)C2.Cl.Cl. The topological polar surface area (TPSA) is 67.6 Å². The van der Waals surface area contributed by atoms with Crippen LogP contribution in [0.2, 0.25) is 0 Å². The number of halogens is 2. The first-order valence-electron chi connectivity index (χ1n) is 8.55. The maximum atomic E-state index is 11.5. The van der Waals surface area contributed by atoms with Crippen LogP contribution in [0.25, 0.3) is 0 Å². The van der Waals surface area contributed by atoms with Crippen LogP contribution in [-0.4, -0.2) is 50.1 Å². The number of primary amides is 1. The van der Waals surface area contributed by atoms with E-state index in [0.29, 0.717) is 22.8 Å². The first-order chi connectivity index (χ1) is 11.1. The molecule has 3 fully saturated rings. The summed E-state index contributed by atoms with van der Waals surface area (Å²) in [6.45, 7) is 4.43. The average molecular weight is 408 g/mol. The van der Waals surface area contributed by atoms with Crippen LogP contribution >= 0.6 is 36.2 Å². The molecule has 1 aromatic rings. The Morgan fingerprint density at radius 2 is 1.92 bits per heavy atom. The molecule has 3 heterocycles. The van der Waals surface area contributed by atoms with Crippen LogP contribution in [-0.2, 0) is 10.3 Å². The molecule has 3 N–H and O–H groups in total. The molecule has 8 heteroatoms. The molecule has 4 rings (SSSR count). The van der Waals surface area contributed by atoms with Gasteiger partial charge < -0.3 is 15.8 Å². The Morgan fingerprint density at radius 1 is 1.28 bits per heavy atom. The molecule has 25 heavy (non-hydrogen) atoms. The lowest BCUT2D eigenvalue weighted by Gasteiger charge is -2.57. The average Bonchev–Trinajstić information content (AvgIpc) is 2.95. The maximum Gasteiger partial charge on any atom is 0.258 e. The van der Waals surface area contributed by atoms with Crippen LogP contribution < -0.4 is 11.1 Å². The fourth-order valence-electron chi connectivity index (χ4n) is 4.81. The molecule has 2 saturated heterocycles. The van der Waals surface area contributed by atoms with Crippen LogP contribution in [0.15, 0.2) is 12.1 Å². The number of nitrogens with one attached hydrogen (secondary N) is 1. The summed E-state index contributed by atoms with van der Waals surface area (Å²) in [6.07, 6.45) is 3.68. The maximum absolute atomic E-state index is 11.5. The van der Waals surface area contributed by atoms with Gasteiger partial charge in [-0.1, -0.05) is 6.42 Å². The van der Waals surface area contributed by atoms with Crippen molar-refractivity contribution < 1.29 is 9.53 Å². The highest BCUT2D eigenvalue weighted by molar-refractivity contribution is 7.14. The van der Waals surface area contributed by atoms with Gasteiger partial charge in [-0.2, -0.15) is 0 Å². The summed E-state index contributed by atoms with van der Waals surface area (Å²) in [6, 6.07) is 4.62. The predicted octanol–water partition coefficient (Wildman–Crippen LogP) is 2.24. The van der Waals surface area contributed by atoms with E-state index in [9.17, 15) is 4.79 Å². The van der Waals surface area contributed by atoms with Crippen molar-refractivity contribution in [1.29, 1.82) is 0 Å². The first kappa shape index (κ1) is 20.9. The number of nitrogens with zero attached hydrogens (tertiary/aromatic N) is 1. The number of carbonyl (C=O) groups excluding carboxylic acids is 1. The molecule has 5 nitrogen and oxygen atoms in total. The molecule has 2 aliphatic heterocycles. The largest absolute Gasteiger partial charge is 0.372 e. The molecule has 0 spiro atoms. The van der Waals surface area contributed by atoms with Crippen molar-refractivity contribution in [2.45, 2.75) is 30.9 Å². The van der Waals surface area contributed by atoms with Gasteiger partial charge in [0.15, 0.2) is 0 Å². The zero-order chi connectivity index (χ0) is 16.0. The van der Waals surface area contributed by atoms with Crippen molar-refractivity contribution in [2.75, 3.05) is 33.3 Å². The van der Waals surface area contributed by atoms with Gasteiger partial charge in [0.05, 0.1) is 4.88 Å². The predicted molar refractivity (Wildman–Crippen MR) is 105 cm³/mol. The number of likely N-dealkylation sites (tertiary alicyclic amines) is 1. The van der Waals surface area contributed by atoms with Crippen LogP contribution in [0.4, 0.5) is 0 Å². The molecule has 1 aromatic heterocycles. The molecule has 1 saturated carbocycles. The molecular weight excluding hydrogens is 381 g/mol. The van der Waals surface area contributed by atoms with E-state index in [1.54, 1.807) is 0 Å². The lowest BCUT2D eigenvalue weighted by atomic mass is 9.64. The molecule has 1 aliphatic carbocycles. The number of ether oxygens (including phenoxy) is 1. The zero-order valence-corrected chi connectivity index (χ0v) is 16.9. The quantitative estimate of drug-likeness (QED) is 0.802. The summed E-state index contributed by atoms with van der Waals surface area (Å²) in [5.74, 6) is 0.663. The van der Waals surface area contributed by atoms with Crippen molar-refractivity contribution in [2.24, 2.45) is 17.6 Å². The Labute approximate surface area is 165 Å². The number of amides is 1. The number of thiophene rings is 1. The number of fused-ring (bicyclic) bond motifs is 2. The summed E-state index contributed by atoms with van der Waals surface area (Å²) in [5.41, 5.74) is 5.23. The molecule has 2 bridgehead atoms. The number of methoxy groups -OCH3 is 1. The number of carbonyl (C=O) groups is 1. The molecule has 0 radical (unpaired) electrons. The van der Waals surface area contributed by atoms with E-state index in [-0.39, 0.29) is 36.3 Å². The van der Waals surface area contributed by atoms with E-state index in [0.717, 1.165) is 26.2 Å². The summed E-state index contributed by atoms with van der Waals surface area (Å²) in [5, 5.41) is 3.38. The van der Waals surface area contributed by atoms with Gasteiger partial charge in [0, 0.05) is 56.0 Å². The summed E-state index contributed by atoms with van der Waals surface area (Å²) >= 11 is 1.53. The van der Waals surface area contributed by atoms with E-state index < -0.39 is 0 Å². The van der Waals surface area contributed by atoms with Crippen LogP contribution in [0.5, 0.6) is 0 Å². The molecular formula is C17H27Cl2N3O2S. The number of hydrogen-bond acceptors (Lipinski definition) is 5. The third-order valence-electron chi connectivity index (χ3n) is 6.08. The van der Waals surface area contributed by atoms with Crippen LogP contribution in [0.3, 0.4) is 0 Å². The van der Waals surface area contributed by atoms with Crippen LogP contribution in [0.1, 0.15) is 33.8 Å². The molecule has 1 amide bonds. The molecule has 0 aromatic carbocycles. The molecule has 3 aliphatic rings. The summed E-state index contributed by atoms with van der Waals surface area (Å²) < 4.78 is 6.22. The van der Waals surface area contributed by atoms with Gasteiger partial charge in [-0.15, -0.1) is 36.2 Å². The highest BCUT2D eigenvalue weighted by Gasteiger charge is 2.54. The van der Waals surface area contributed by atoms with Crippen molar-refractivity contribution in [3.63, 3.8) is 0 Å². The van der Waals surface area contributed by atoms with Gasteiger partial charge in [0.25, 0.3) is 5.91 Å². The monoisotopic (exact) mass is 407 g/mol. The minimum absolute atomic E-state index is 0. The third-order valence-corrected chi connectivity index (χ3v) is 7.31. The van der Waals surface area contributed by atoms with Crippen molar-refractivity contribution in [1.82, 2.24) is 10.2 Å². The summed E-state index contributed by atoms with van der Waals surface area (Å²) in [7, 11) is 1.84. The Morgan fingerprint density at radius 3 is 2.36 bits per heavy atom. The summed E-state index contributed by atoms with van der Waals surface area (Å²) in [4.78, 5) is 16.0. The Bertz CT molecular complexity index is 594. The van der Waals surface area contributed by atoms with E-state index in [2.05, 4.69) is 16.3 Å². The molecule has 3 atom stereocenters. The second-order valence-corrected chi connectivity index (χ2v) is 8.20. The number of piperidine rings is 1. The first-order valence-corrected chi connectivity index (χ1v) is 9.37. The van der Waals surface area contributed by atoms with Crippen molar-refractivity contribution >= 4 is 42.1 Å². The van der Waals surface area contributed by atoms with Crippen molar-refractivity contribution in [3.8, 4) is 0 Å². The van der Waals surface area contributed by atoms with Crippen molar-refractivity contribution in [3.05, 3.63) is 21.9 Å². The van der Waals surface area contributed by atoms with E-state index in [1.807, 2.05) is 13.2 Å². The molecule has 142 valence electrons. The van der Waals surface area contributed by atoms with Gasteiger partial charge in [0.2, 0.25) is 0 Å². The van der Waals surface area contributed by atoms with Gasteiger partial charge in [-0.25, -0.2) is 0 Å². The van der Waals surface area contributed by atoms with E-state index >= 15 is 0 Å². The standard InChI is InChI=1S/C17H25N3O2S.2ClH/c1-22-17(15-6-5-14(23-15)16(18)21)11-3-2-4-12(17)10-20(9-11)13-7-19-8-13;;/h5-6,11-13,19H,2-4,7-10H2,1H3,(H2,18,21);2*1H/t11-,12+,17+;;. The third kappa shape index (κ3) is 3.33. The van der Waals surface area contributed by atoms with E-state index in [1.165, 1.54) is 35.5 Å². The van der Waals surface area contributed by atoms with E-state index in [4.69, 9.17) is 10.5 Å². The Hall–Kier alpha value is -0.370. The van der Waals surface area contributed by atoms with Gasteiger partial charge in [-0.3, -0.25) is 9.69 Å². The van der Waals surface area contributed by atoms with Gasteiger partial charge in [0.1, 0.15) is 5.60 Å². The second kappa shape index (κ2) is 8.11. The minimum atomic E-state index is -0.337. The normalized spacial score (nSPS) is 32.2.